The van der Waals surface area contributed by atoms with Crippen LogP contribution in [0.3, 0.4) is 0 Å². The minimum Gasteiger partial charge on any atom is -0.385 e. The summed E-state index contributed by atoms with van der Waals surface area (Å²) in [5.74, 6) is 0.766. The first-order chi connectivity index (χ1) is 11.0. The Balaban J connectivity index is 2.41. The molecule has 0 aromatic carbocycles. The lowest BCUT2D eigenvalue weighted by molar-refractivity contribution is -0.126. The first kappa shape index (κ1) is 19.2. The zero-order valence-corrected chi connectivity index (χ0v) is 14.8. The summed E-state index contributed by atoms with van der Waals surface area (Å²) in [6.45, 7) is 7.09. The molecule has 0 aromatic rings. The van der Waals surface area contributed by atoms with Crippen molar-refractivity contribution < 1.29 is 9.59 Å². The molecule has 128 valence electrons. The molecule has 4 nitrogen and oxygen atoms in total. The molecule has 3 atom stereocenters. The second-order valence-corrected chi connectivity index (χ2v) is 6.23. The predicted molar refractivity (Wildman–Crippen MR) is 94.8 cm³/mol. The van der Waals surface area contributed by atoms with Gasteiger partial charge in [-0.05, 0) is 42.9 Å². The smallest absolute Gasteiger partial charge is 0.223 e. The lowest BCUT2D eigenvalue weighted by Crippen LogP contribution is -2.31. The molecule has 0 radical (unpaired) electrons. The number of aldehydes is 1. The molecular formula is C19H30N2O2. The minimum absolute atomic E-state index is 0.0934. The Hall–Kier alpha value is -1.84. The largest absolute Gasteiger partial charge is 0.385 e. The molecule has 3 unspecified atom stereocenters. The normalized spacial score (nSPS) is 19.9. The summed E-state index contributed by atoms with van der Waals surface area (Å²) in [6.07, 6.45) is 11.7. The summed E-state index contributed by atoms with van der Waals surface area (Å²) < 4.78 is 0. The summed E-state index contributed by atoms with van der Waals surface area (Å²) in [4.78, 5) is 22.8. The number of hydrogen-bond acceptors (Lipinski definition) is 3. The average Bonchev–Trinajstić information content (AvgIpc) is 2.73. The average molecular weight is 318 g/mol. The highest BCUT2D eigenvalue weighted by Gasteiger charge is 2.21. The van der Waals surface area contributed by atoms with Gasteiger partial charge in [0.1, 0.15) is 6.29 Å². The highest BCUT2D eigenvalue weighted by Crippen LogP contribution is 2.20. The maximum atomic E-state index is 11.8. The number of hydrogen-bond donors (Lipinski definition) is 2. The van der Waals surface area contributed by atoms with Crippen molar-refractivity contribution in [3.05, 3.63) is 35.6 Å². The number of allylic oxidation sites excluding steroid dienone is 5. The van der Waals surface area contributed by atoms with Gasteiger partial charge in [0.25, 0.3) is 0 Å². The molecule has 0 saturated carbocycles. The highest BCUT2D eigenvalue weighted by molar-refractivity contribution is 5.78. The molecule has 0 fully saturated rings. The van der Waals surface area contributed by atoms with E-state index in [9.17, 15) is 9.59 Å². The lowest BCUT2D eigenvalue weighted by Gasteiger charge is -2.21. The SMILES string of the molecule is CCC(C(=O)NC)C(C)CCCNC1=CC=C(C=O)C(C)C=C1. The van der Waals surface area contributed by atoms with Crippen LogP contribution in [0, 0.1) is 17.8 Å². The maximum Gasteiger partial charge on any atom is 0.223 e. The summed E-state index contributed by atoms with van der Waals surface area (Å²) in [5.41, 5.74) is 1.82. The topological polar surface area (TPSA) is 58.2 Å². The summed E-state index contributed by atoms with van der Waals surface area (Å²) >= 11 is 0. The fourth-order valence-electron chi connectivity index (χ4n) is 2.91. The molecule has 1 aliphatic rings. The number of nitrogens with one attached hydrogen (secondary N) is 2. The maximum absolute atomic E-state index is 11.8. The van der Waals surface area contributed by atoms with Gasteiger partial charge in [-0.25, -0.2) is 0 Å². The Morgan fingerprint density at radius 1 is 1.39 bits per heavy atom. The fraction of sp³-hybridized carbons (Fsp3) is 0.579. The monoisotopic (exact) mass is 318 g/mol. The molecule has 1 rings (SSSR count). The first-order valence-electron chi connectivity index (χ1n) is 8.54. The molecule has 23 heavy (non-hydrogen) atoms. The number of amides is 1. The van der Waals surface area contributed by atoms with Crippen LogP contribution in [0.1, 0.15) is 40.0 Å². The number of carbonyl (C=O) groups excluding carboxylic acids is 2. The highest BCUT2D eigenvalue weighted by atomic mass is 16.1. The van der Waals surface area contributed by atoms with E-state index in [4.69, 9.17) is 0 Å². The standard InChI is InChI=1S/C19H30N2O2/c1-5-18(19(23)20-4)15(3)7-6-12-21-17-10-8-14(2)16(13-22)9-11-17/h8-11,13-15,18,21H,5-7,12H2,1-4H3,(H,20,23). The minimum atomic E-state index is 0.0934. The fourth-order valence-corrected chi connectivity index (χ4v) is 2.91. The number of carbonyl (C=O) groups is 2. The Morgan fingerprint density at radius 2 is 2.13 bits per heavy atom. The van der Waals surface area contributed by atoms with Crippen molar-refractivity contribution >= 4 is 12.2 Å². The van der Waals surface area contributed by atoms with Crippen LogP contribution < -0.4 is 10.6 Å². The van der Waals surface area contributed by atoms with Crippen LogP contribution in [0.25, 0.3) is 0 Å². The molecule has 0 aromatic heterocycles. The summed E-state index contributed by atoms with van der Waals surface area (Å²) in [6, 6.07) is 0. The lowest BCUT2D eigenvalue weighted by atomic mass is 9.87. The second-order valence-electron chi connectivity index (χ2n) is 6.23. The van der Waals surface area contributed by atoms with Crippen LogP contribution in [0.5, 0.6) is 0 Å². The van der Waals surface area contributed by atoms with Crippen molar-refractivity contribution in [2.75, 3.05) is 13.6 Å². The van der Waals surface area contributed by atoms with Crippen molar-refractivity contribution in [3.63, 3.8) is 0 Å². The molecule has 4 heteroatoms. The zero-order valence-electron chi connectivity index (χ0n) is 14.8. The van der Waals surface area contributed by atoms with Gasteiger partial charge in [-0.1, -0.05) is 32.9 Å². The van der Waals surface area contributed by atoms with E-state index in [0.29, 0.717) is 5.92 Å². The molecular weight excluding hydrogens is 288 g/mol. The van der Waals surface area contributed by atoms with Crippen molar-refractivity contribution in [1.82, 2.24) is 10.6 Å². The van der Waals surface area contributed by atoms with Gasteiger partial charge < -0.3 is 10.6 Å². The molecule has 2 N–H and O–H groups in total. The Labute approximate surface area is 140 Å². The molecule has 1 aliphatic carbocycles. The molecule has 0 saturated heterocycles. The summed E-state index contributed by atoms with van der Waals surface area (Å²) in [7, 11) is 1.70. The van der Waals surface area contributed by atoms with Gasteiger partial charge in [0, 0.05) is 31.1 Å². The van der Waals surface area contributed by atoms with Gasteiger partial charge in [-0.15, -0.1) is 0 Å². The van der Waals surface area contributed by atoms with E-state index in [1.54, 1.807) is 7.05 Å². The van der Waals surface area contributed by atoms with Gasteiger partial charge in [-0.2, -0.15) is 0 Å². The predicted octanol–water partition coefficient (Wildman–Crippen LogP) is 2.98. The van der Waals surface area contributed by atoms with E-state index in [1.165, 1.54) is 0 Å². The van der Waals surface area contributed by atoms with Gasteiger partial charge in [0.05, 0.1) is 0 Å². The third kappa shape index (κ3) is 6.05. The van der Waals surface area contributed by atoms with E-state index >= 15 is 0 Å². The molecule has 0 spiro atoms. The van der Waals surface area contributed by atoms with Crippen molar-refractivity contribution in [3.8, 4) is 0 Å². The van der Waals surface area contributed by atoms with Crippen LogP contribution in [-0.4, -0.2) is 25.8 Å². The summed E-state index contributed by atoms with van der Waals surface area (Å²) in [5, 5.41) is 6.15. The third-order valence-corrected chi connectivity index (χ3v) is 4.56. The molecule has 0 aliphatic heterocycles. The van der Waals surface area contributed by atoms with E-state index in [0.717, 1.165) is 43.4 Å². The third-order valence-electron chi connectivity index (χ3n) is 4.56. The molecule has 0 heterocycles. The van der Waals surface area contributed by atoms with Crippen LogP contribution in [0.15, 0.2) is 35.6 Å². The molecule has 1 amide bonds. The first-order valence-corrected chi connectivity index (χ1v) is 8.54. The Morgan fingerprint density at radius 3 is 2.74 bits per heavy atom. The second kappa shape index (κ2) is 10.0. The van der Waals surface area contributed by atoms with Crippen LogP contribution in [0.4, 0.5) is 0 Å². The zero-order chi connectivity index (χ0) is 17.2. The van der Waals surface area contributed by atoms with Crippen molar-refractivity contribution in [1.29, 1.82) is 0 Å². The number of rotatable bonds is 9. The van der Waals surface area contributed by atoms with Crippen molar-refractivity contribution in [2.45, 2.75) is 40.0 Å². The van der Waals surface area contributed by atoms with Crippen molar-refractivity contribution in [2.24, 2.45) is 17.8 Å². The molecule has 0 bridgehead atoms. The van der Waals surface area contributed by atoms with Crippen LogP contribution >= 0.6 is 0 Å². The van der Waals surface area contributed by atoms with Gasteiger partial charge in [0.15, 0.2) is 0 Å². The van der Waals surface area contributed by atoms with Gasteiger partial charge in [0.2, 0.25) is 5.91 Å². The van der Waals surface area contributed by atoms with Crippen LogP contribution in [-0.2, 0) is 9.59 Å². The van der Waals surface area contributed by atoms with E-state index in [1.807, 2.05) is 31.2 Å². The van der Waals surface area contributed by atoms with E-state index in [-0.39, 0.29) is 17.7 Å². The quantitative estimate of drug-likeness (QED) is 0.507. The van der Waals surface area contributed by atoms with E-state index in [2.05, 4.69) is 24.5 Å². The van der Waals surface area contributed by atoms with Crippen LogP contribution in [0.2, 0.25) is 0 Å². The Kier molecular flexibility index (Phi) is 8.38. The van der Waals surface area contributed by atoms with E-state index < -0.39 is 0 Å². The van der Waals surface area contributed by atoms with Gasteiger partial charge in [-0.3, -0.25) is 9.59 Å². The van der Waals surface area contributed by atoms with Gasteiger partial charge >= 0.3 is 0 Å². The Bertz CT molecular complexity index is 492.